The molecule has 1 aromatic carbocycles. The average molecular weight is 365 g/mol. The van der Waals surface area contributed by atoms with E-state index in [-0.39, 0.29) is 0 Å². The lowest BCUT2D eigenvalue weighted by atomic mass is 10.1. The van der Waals surface area contributed by atoms with E-state index >= 15 is 0 Å². The van der Waals surface area contributed by atoms with Gasteiger partial charge in [-0.3, -0.25) is 0 Å². The molecule has 3 rings (SSSR count). The van der Waals surface area contributed by atoms with Crippen molar-refractivity contribution >= 4 is 55.8 Å². The Morgan fingerprint density at radius 1 is 1.50 bits per heavy atom. The Balaban J connectivity index is 1.94. The predicted octanol–water partition coefficient (Wildman–Crippen LogP) is 4.69. The summed E-state index contributed by atoms with van der Waals surface area (Å²) in [5, 5.41) is 12.1. The van der Waals surface area contributed by atoms with Crippen LogP contribution in [0.1, 0.15) is 11.1 Å². The molecule has 0 aliphatic carbocycles. The summed E-state index contributed by atoms with van der Waals surface area (Å²) in [4.78, 5) is 7.48. The number of benzene rings is 1. The lowest BCUT2D eigenvalue weighted by Gasteiger charge is -2.06. The number of fused-ring (bicyclic) bond motifs is 1. The molecular formula is C13H9BrN4S2. The van der Waals surface area contributed by atoms with Gasteiger partial charge in [-0.1, -0.05) is 6.07 Å². The van der Waals surface area contributed by atoms with Crippen molar-refractivity contribution in [1.82, 2.24) is 9.97 Å². The quantitative estimate of drug-likeness (QED) is 0.661. The largest absolute Gasteiger partial charge is 0.358 e. The molecule has 0 unspecified atom stereocenters. The summed E-state index contributed by atoms with van der Waals surface area (Å²) in [5.41, 5.74) is 3.65. The number of H-pyrrole nitrogens is 1. The first-order chi connectivity index (χ1) is 9.69. The van der Waals surface area contributed by atoms with Gasteiger partial charge in [-0.25, -0.2) is 4.98 Å². The number of hydrogen-bond acceptors (Lipinski definition) is 5. The van der Waals surface area contributed by atoms with E-state index < -0.39 is 0 Å². The Bertz CT molecular complexity index is 815. The Hall–Kier alpha value is -1.49. The van der Waals surface area contributed by atoms with Gasteiger partial charge in [-0.05, 0) is 34.5 Å². The lowest BCUT2D eigenvalue weighted by molar-refractivity contribution is 1.22. The number of aromatic amines is 1. The first-order valence-corrected chi connectivity index (χ1v) is 8.22. The van der Waals surface area contributed by atoms with E-state index in [1.165, 1.54) is 11.9 Å². The molecule has 2 heterocycles. The highest BCUT2D eigenvalue weighted by molar-refractivity contribution is 9.10. The summed E-state index contributed by atoms with van der Waals surface area (Å²) in [6.07, 6.45) is 1.74. The number of nitriles is 1. The number of nitrogens with one attached hydrogen (secondary N) is 2. The molecule has 20 heavy (non-hydrogen) atoms. The first-order valence-electron chi connectivity index (χ1n) is 5.73. The van der Waals surface area contributed by atoms with Crippen LogP contribution in [-0.2, 0) is 0 Å². The summed E-state index contributed by atoms with van der Waals surface area (Å²) in [5.74, 6) is 0. The highest BCUT2D eigenvalue weighted by Crippen LogP contribution is 2.32. The smallest absolute Gasteiger partial charge is 0.171 e. The zero-order valence-electron chi connectivity index (χ0n) is 10.4. The minimum Gasteiger partial charge on any atom is -0.358 e. The van der Waals surface area contributed by atoms with Gasteiger partial charge in [0.25, 0.3) is 0 Å². The van der Waals surface area contributed by atoms with Crippen LogP contribution in [0.3, 0.4) is 0 Å². The number of halogens is 1. The number of anilines is 1. The molecule has 0 atom stereocenters. The van der Waals surface area contributed by atoms with Crippen molar-refractivity contribution in [1.29, 1.82) is 5.26 Å². The topological polar surface area (TPSA) is 64.5 Å². The van der Waals surface area contributed by atoms with E-state index in [0.29, 0.717) is 5.56 Å². The Labute approximate surface area is 132 Å². The first kappa shape index (κ1) is 13.5. The normalized spacial score (nSPS) is 10.7. The molecule has 0 saturated carbocycles. The number of hydrogen-bond donors (Lipinski definition) is 2. The molecule has 2 N–H and O–H groups in total. The van der Waals surface area contributed by atoms with Gasteiger partial charge in [-0.2, -0.15) is 5.26 Å². The number of aryl methyl sites for hydroxylation is 1. The predicted molar refractivity (Wildman–Crippen MR) is 87.0 cm³/mol. The fourth-order valence-corrected chi connectivity index (χ4v) is 4.05. The molecule has 0 bridgehead atoms. The Morgan fingerprint density at radius 3 is 3.05 bits per heavy atom. The third kappa shape index (κ3) is 2.42. The van der Waals surface area contributed by atoms with E-state index in [0.717, 1.165) is 31.1 Å². The van der Waals surface area contributed by atoms with Crippen molar-refractivity contribution in [2.24, 2.45) is 0 Å². The maximum Gasteiger partial charge on any atom is 0.171 e. The van der Waals surface area contributed by atoms with Crippen LogP contribution in [0.4, 0.5) is 5.69 Å². The Kier molecular flexibility index (Phi) is 3.70. The van der Waals surface area contributed by atoms with Crippen LogP contribution in [0.5, 0.6) is 0 Å². The lowest BCUT2D eigenvalue weighted by Crippen LogP contribution is -1.89. The number of nitrogens with zero attached hydrogens (tertiary/aromatic N) is 2. The van der Waals surface area contributed by atoms with Crippen LogP contribution in [0, 0.1) is 18.3 Å². The van der Waals surface area contributed by atoms with Gasteiger partial charge in [0.15, 0.2) is 4.34 Å². The highest BCUT2D eigenvalue weighted by atomic mass is 79.9. The standard InChI is InChI=1S/C13H9BrN4S2/c1-7-2-3-9(12-11(7)8(4-15)5-16-12)18-20-13-17-10(14)6-19-13/h2-3,5-6,16,18H,1H3. The molecule has 0 amide bonds. The van der Waals surface area contributed by atoms with E-state index in [9.17, 15) is 0 Å². The molecule has 2 aromatic heterocycles. The molecule has 0 aliphatic rings. The molecule has 0 spiro atoms. The zero-order valence-corrected chi connectivity index (χ0v) is 13.6. The van der Waals surface area contributed by atoms with Gasteiger partial charge in [-0.15, -0.1) is 11.3 Å². The molecule has 0 radical (unpaired) electrons. The molecule has 0 fully saturated rings. The van der Waals surface area contributed by atoms with Gasteiger partial charge in [0.1, 0.15) is 10.7 Å². The van der Waals surface area contributed by atoms with E-state index in [2.05, 4.69) is 36.7 Å². The minimum absolute atomic E-state index is 0.670. The molecule has 0 aliphatic heterocycles. The van der Waals surface area contributed by atoms with Crippen LogP contribution in [0.25, 0.3) is 10.9 Å². The monoisotopic (exact) mass is 364 g/mol. The summed E-state index contributed by atoms with van der Waals surface area (Å²) in [6.45, 7) is 2.01. The fraction of sp³-hybridized carbons (Fsp3) is 0.0769. The second-order valence-electron chi connectivity index (χ2n) is 4.13. The van der Waals surface area contributed by atoms with Crippen molar-refractivity contribution in [3.05, 3.63) is 39.4 Å². The second-order valence-corrected chi connectivity index (χ2v) is 6.86. The van der Waals surface area contributed by atoms with Crippen LogP contribution < -0.4 is 4.72 Å². The zero-order chi connectivity index (χ0) is 14.1. The third-order valence-corrected chi connectivity index (χ3v) is 5.34. The molecule has 3 aromatic rings. The van der Waals surface area contributed by atoms with Gasteiger partial charge in [0.05, 0.1) is 16.8 Å². The molecular weight excluding hydrogens is 356 g/mol. The van der Waals surface area contributed by atoms with Gasteiger partial charge in [0.2, 0.25) is 0 Å². The highest BCUT2D eigenvalue weighted by Gasteiger charge is 2.10. The van der Waals surface area contributed by atoms with Crippen LogP contribution >= 0.6 is 39.2 Å². The van der Waals surface area contributed by atoms with Crippen molar-refractivity contribution in [3.63, 3.8) is 0 Å². The van der Waals surface area contributed by atoms with Crippen molar-refractivity contribution in [2.75, 3.05) is 4.72 Å². The van der Waals surface area contributed by atoms with E-state index in [4.69, 9.17) is 5.26 Å². The SMILES string of the molecule is Cc1ccc(NSc2nc(Br)cs2)c2[nH]cc(C#N)c12. The van der Waals surface area contributed by atoms with Crippen molar-refractivity contribution < 1.29 is 0 Å². The molecule has 0 saturated heterocycles. The van der Waals surface area contributed by atoms with E-state index in [1.807, 2.05) is 24.4 Å². The second kappa shape index (κ2) is 5.48. The van der Waals surface area contributed by atoms with Crippen LogP contribution in [0.15, 0.2) is 32.7 Å². The Morgan fingerprint density at radius 2 is 2.35 bits per heavy atom. The number of aromatic nitrogens is 2. The van der Waals surface area contributed by atoms with Crippen molar-refractivity contribution in [2.45, 2.75) is 11.3 Å². The van der Waals surface area contributed by atoms with E-state index in [1.54, 1.807) is 17.5 Å². The van der Waals surface area contributed by atoms with Crippen LogP contribution in [0.2, 0.25) is 0 Å². The molecule has 4 nitrogen and oxygen atoms in total. The fourth-order valence-electron chi connectivity index (χ4n) is 1.98. The summed E-state index contributed by atoms with van der Waals surface area (Å²) >= 11 is 6.36. The van der Waals surface area contributed by atoms with Gasteiger partial charge >= 0.3 is 0 Å². The summed E-state index contributed by atoms with van der Waals surface area (Å²) in [6, 6.07) is 6.23. The maximum absolute atomic E-state index is 9.14. The third-order valence-electron chi connectivity index (χ3n) is 2.87. The average Bonchev–Trinajstić information content (AvgIpc) is 3.05. The van der Waals surface area contributed by atoms with Gasteiger partial charge < -0.3 is 9.71 Å². The summed E-state index contributed by atoms with van der Waals surface area (Å²) < 4.78 is 5.05. The molecule has 100 valence electrons. The summed E-state index contributed by atoms with van der Waals surface area (Å²) in [7, 11) is 0. The van der Waals surface area contributed by atoms with Crippen molar-refractivity contribution in [3.8, 4) is 6.07 Å². The number of rotatable bonds is 3. The van der Waals surface area contributed by atoms with Crippen LogP contribution in [-0.4, -0.2) is 9.97 Å². The maximum atomic E-state index is 9.14. The number of thiazole rings is 1. The minimum atomic E-state index is 0.670. The van der Waals surface area contributed by atoms with Gasteiger partial charge in [0, 0.05) is 28.9 Å². The molecule has 7 heteroatoms.